The molecule has 0 aromatic carbocycles. The Morgan fingerprint density at radius 2 is 2.31 bits per heavy atom. The van der Waals surface area contributed by atoms with Gasteiger partial charge in [-0.3, -0.25) is 9.79 Å². The minimum atomic E-state index is 0.0666. The molecule has 0 aromatic heterocycles. The van der Waals surface area contributed by atoms with Crippen molar-refractivity contribution in [2.24, 2.45) is 10.9 Å². The van der Waals surface area contributed by atoms with Gasteiger partial charge >= 0.3 is 0 Å². The topological polar surface area (TPSA) is 41.5 Å². The summed E-state index contributed by atoms with van der Waals surface area (Å²) in [6, 6.07) is 0. The van der Waals surface area contributed by atoms with E-state index in [1.807, 2.05) is 13.0 Å². The molecule has 3 nitrogen and oxygen atoms in total. The molecule has 1 aliphatic carbocycles. The summed E-state index contributed by atoms with van der Waals surface area (Å²) in [5.74, 6) is 0.281. The van der Waals surface area contributed by atoms with Crippen molar-refractivity contribution in [2.45, 2.75) is 19.8 Å². The van der Waals surface area contributed by atoms with Gasteiger partial charge in [-0.05, 0) is 19.8 Å². The molecule has 1 aliphatic rings. The number of hydrogen-bond acceptors (Lipinski definition) is 2. The molecule has 3 heteroatoms. The Kier molecular flexibility index (Phi) is 3.43. The van der Waals surface area contributed by atoms with E-state index in [1.54, 1.807) is 12.4 Å². The van der Waals surface area contributed by atoms with Crippen LogP contribution in [0, 0.1) is 5.92 Å². The lowest BCUT2D eigenvalue weighted by Gasteiger charge is -2.00. The fourth-order valence-corrected chi connectivity index (χ4v) is 0.857. The second-order valence-corrected chi connectivity index (χ2v) is 3.05. The van der Waals surface area contributed by atoms with E-state index in [9.17, 15) is 4.79 Å². The Bertz CT molecular complexity index is 262. The highest BCUT2D eigenvalue weighted by atomic mass is 16.2. The summed E-state index contributed by atoms with van der Waals surface area (Å²) in [6.45, 7) is 5.54. The molecule has 70 valence electrons. The third kappa shape index (κ3) is 3.69. The fraction of sp³-hybridized carbons (Fsp3) is 0.400. The van der Waals surface area contributed by atoms with Gasteiger partial charge in [0.2, 0.25) is 5.91 Å². The molecule has 0 spiro atoms. The average Bonchev–Trinajstić information content (AvgIpc) is 2.86. The molecule has 1 rings (SSSR count). The van der Waals surface area contributed by atoms with Crippen molar-refractivity contribution in [1.29, 1.82) is 0 Å². The SMILES string of the molecule is C=C(C=N/C=C\C)NC(=O)C1CC1. The Balaban J connectivity index is 2.27. The maximum Gasteiger partial charge on any atom is 0.227 e. The van der Waals surface area contributed by atoms with E-state index < -0.39 is 0 Å². The lowest BCUT2D eigenvalue weighted by atomic mass is 10.4. The first kappa shape index (κ1) is 9.71. The summed E-state index contributed by atoms with van der Waals surface area (Å²) in [7, 11) is 0. The summed E-state index contributed by atoms with van der Waals surface area (Å²) in [4.78, 5) is 15.1. The summed E-state index contributed by atoms with van der Waals surface area (Å²) in [5, 5.41) is 2.68. The number of carbonyl (C=O) groups excluding carboxylic acids is 1. The van der Waals surface area contributed by atoms with Crippen molar-refractivity contribution < 1.29 is 4.79 Å². The number of carbonyl (C=O) groups is 1. The van der Waals surface area contributed by atoms with Gasteiger partial charge in [0.25, 0.3) is 0 Å². The molecule has 0 unspecified atom stereocenters. The highest BCUT2D eigenvalue weighted by Gasteiger charge is 2.29. The van der Waals surface area contributed by atoms with Crippen molar-refractivity contribution in [3.05, 3.63) is 24.6 Å². The number of nitrogens with zero attached hydrogens (tertiary/aromatic N) is 1. The molecular formula is C10H14N2O. The van der Waals surface area contributed by atoms with Crippen molar-refractivity contribution in [1.82, 2.24) is 5.32 Å². The third-order valence-electron chi connectivity index (χ3n) is 1.70. The third-order valence-corrected chi connectivity index (χ3v) is 1.70. The maximum atomic E-state index is 11.2. The van der Waals surface area contributed by atoms with Crippen LogP contribution >= 0.6 is 0 Å². The Morgan fingerprint density at radius 3 is 2.85 bits per heavy atom. The molecule has 0 atom stereocenters. The van der Waals surface area contributed by atoms with E-state index in [-0.39, 0.29) is 11.8 Å². The monoisotopic (exact) mass is 178 g/mol. The largest absolute Gasteiger partial charge is 0.325 e. The molecule has 1 amide bonds. The molecular weight excluding hydrogens is 164 g/mol. The molecule has 13 heavy (non-hydrogen) atoms. The van der Waals surface area contributed by atoms with E-state index in [0.29, 0.717) is 5.70 Å². The van der Waals surface area contributed by atoms with E-state index in [0.717, 1.165) is 12.8 Å². The number of hydrogen-bond donors (Lipinski definition) is 1. The minimum absolute atomic E-state index is 0.0666. The molecule has 0 aliphatic heterocycles. The van der Waals surface area contributed by atoms with Crippen LogP contribution in [0.5, 0.6) is 0 Å². The second-order valence-electron chi connectivity index (χ2n) is 3.05. The smallest absolute Gasteiger partial charge is 0.227 e. The molecule has 0 heterocycles. The maximum absolute atomic E-state index is 11.2. The molecule has 0 saturated heterocycles. The van der Waals surface area contributed by atoms with Crippen molar-refractivity contribution in [2.75, 3.05) is 0 Å². The second kappa shape index (κ2) is 4.60. The summed E-state index contributed by atoms with van der Waals surface area (Å²) < 4.78 is 0. The highest BCUT2D eigenvalue weighted by Crippen LogP contribution is 2.28. The minimum Gasteiger partial charge on any atom is -0.325 e. The Morgan fingerprint density at radius 1 is 1.62 bits per heavy atom. The van der Waals surface area contributed by atoms with Crippen LogP contribution in [0.15, 0.2) is 29.5 Å². The van der Waals surface area contributed by atoms with Crippen LogP contribution in [0.25, 0.3) is 0 Å². The van der Waals surface area contributed by atoms with Gasteiger partial charge in [0, 0.05) is 18.3 Å². The molecule has 1 saturated carbocycles. The number of nitrogens with one attached hydrogen (secondary N) is 1. The number of aliphatic imine (C=N–C) groups is 1. The van der Waals surface area contributed by atoms with Crippen LogP contribution in [-0.2, 0) is 4.79 Å². The van der Waals surface area contributed by atoms with Crippen molar-refractivity contribution >= 4 is 12.1 Å². The zero-order valence-electron chi connectivity index (χ0n) is 7.79. The number of amides is 1. The Hall–Kier alpha value is -1.38. The first-order valence-corrected chi connectivity index (χ1v) is 4.38. The van der Waals surface area contributed by atoms with Crippen molar-refractivity contribution in [3.8, 4) is 0 Å². The predicted octanol–water partition coefficient (Wildman–Crippen LogP) is 1.63. The van der Waals surface area contributed by atoms with Crippen LogP contribution in [0.3, 0.4) is 0 Å². The molecule has 1 N–H and O–H groups in total. The van der Waals surface area contributed by atoms with Gasteiger partial charge in [0.1, 0.15) is 0 Å². The van der Waals surface area contributed by atoms with Crippen molar-refractivity contribution in [3.63, 3.8) is 0 Å². The van der Waals surface area contributed by atoms with Crippen LogP contribution in [0.2, 0.25) is 0 Å². The lowest BCUT2D eigenvalue weighted by Crippen LogP contribution is -2.24. The molecule has 0 aromatic rings. The normalized spacial score (nSPS) is 16.7. The van der Waals surface area contributed by atoms with Crippen LogP contribution in [0.1, 0.15) is 19.8 Å². The van der Waals surface area contributed by atoms with Gasteiger partial charge < -0.3 is 5.32 Å². The van der Waals surface area contributed by atoms with Gasteiger partial charge in [-0.15, -0.1) is 0 Å². The van der Waals surface area contributed by atoms with Gasteiger partial charge in [-0.1, -0.05) is 12.7 Å². The quantitative estimate of drug-likeness (QED) is 0.653. The molecule has 0 bridgehead atoms. The molecule has 0 radical (unpaired) electrons. The van der Waals surface area contributed by atoms with E-state index in [4.69, 9.17) is 0 Å². The van der Waals surface area contributed by atoms with Gasteiger partial charge in [0.05, 0.1) is 5.70 Å². The molecule has 1 fully saturated rings. The van der Waals surface area contributed by atoms with E-state index >= 15 is 0 Å². The lowest BCUT2D eigenvalue weighted by molar-refractivity contribution is -0.121. The first-order valence-electron chi connectivity index (χ1n) is 4.38. The average molecular weight is 178 g/mol. The predicted molar refractivity (Wildman–Crippen MR) is 53.3 cm³/mol. The highest BCUT2D eigenvalue weighted by molar-refractivity contribution is 5.89. The summed E-state index contributed by atoms with van der Waals surface area (Å²) >= 11 is 0. The Labute approximate surface area is 78.2 Å². The number of rotatable bonds is 4. The zero-order valence-corrected chi connectivity index (χ0v) is 7.79. The fourth-order valence-electron chi connectivity index (χ4n) is 0.857. The summed E-state index contributed by atoms with van der Waals surface area (Å²) in [6.07, 6.45) is 7.01. The zero-order chi connectivity index (χ0) is 9.68. The van der Waals surface area contributed by atoms with Gasteiger partial charge in [-0.2, -0.15) is 0 Å². The van der Waals surface area contributed by atoms with Crippen LogP contribution in [0.4, 0.5) is 0 Å². The first-order chi connectivity index (χ1) is 6.24. The number of allylic oxidation sites excluding steroid dienone is 2. The van der Waals surface area contributed by atoms with Crippen LogP contribution < -0.4 is 5.32 Å². The van der Waals surface area contributed by atoms with Gasteiger partial charge in [-0.25, -0.2) is 0 Å². The van der Waals surface area contributed by atoms with E-state index in [2.05, 4.69) is 16.9 Å². The summed E-state index contributed by atoms with van der Waals surface area (Å²) in [5.41, 5.74) is 0.551. The van der Waals surface area contributed by atoms with Crippen LogP contribution in [-0.4, -0.2) is 12.1 Å². The van der Waals surface area contributed by atoms with Gasteiger partial charge in [0.15, 0.2) is 0 Å². The standard InChI is InChI=1S/C10H14N2O/c1-3-6-11-7-8(2)12-10(13)9-4-5-9/h3,6-7,9H,2,4-5H2,1H3,(H,12,13)/b6-3-,11-7?. The van der Waals surface area contributed by atoms with E-state index in [1.165, 1.54) is 0 Å².